The van der Waals surface area contributed by atoms with E-state index in [0.717, 1.165) is 24.5 Å². The summed E-state index contributed by atoms with van der Waals surface area (Å²) in [6.45, 7) is 2.20. The van der Waals surface area contributed by atoms with E-state index >= 15 is 51.9 Å². The first-order valence-electron chi connectivity index (χ1n) is 44.1. The molecule has 724 valence electrons. The summed E-state index contributed by atoms with van der Waals surface area (Å²) in [6.07, 6.45) is -3.32. The van der Waals surface area contributed by atoms with E-state index in [1.54, 1.807) is 98.0 Å². The fourth-order valence-corrected chi connectivity index (χ4v) is 17.0. The summed E-state index contributed by atoms with van der Waals surface area (Å²) in [5.74, 6) is -24.5. The Labute approximate surface area is 776 Å². The number of fused-ring (bicyclic) bond motifs is 3. The second-order valence-electron chi connectivity index (χ2n) is 33.7. The second-order valence-corrected chi connectivity index (χ2v) is 34.7. The minimum atomic E-state index is -2.01. The number of aromatic hydroxyl groups is 1. The summed E-state index contributed by atoms with van der Waals surface area (Å²) < 4.78 is 56.2. The zero-order valence-corrected chi connectivity index (χ0v) is 76.3. The smallest absolute Gasteiger partial charge is 0.305 e. The number of hydrogen-bond donors (Lipinski definition) is 15. The highest BCUT2D eigenvalue weighted by molar-refractivity contribution is 8.00. The first-order valence-corrected chi connectivity index (χ1v) is 45.2. The topological polar surface area (TPSA) is 545 Å². The molecule has 4 heterocycles. The van der Waals surface area contributed by atoms with E-state index in [1.807, 2.05) is 0 Å². The SMILES string of the molecule is CCCC[C@H]1C(=O)N2CCOC[C@@H]2C(=O)N[C@@H](CC(=O)O)C(=O)N[C@@H](C(C)C)C(=O)N(C)[C@@H](Cc2ccccc2)C(=O)N[C@@H](CCCN)C(=O)N2C[C@H](O)C[C@@H]2C(=O)N[C@@H](Cc2c[nH]c3ccccc23)C(=O)N[C@@H](Cc2ccc(O)cc2)C(=O)N[C@@H](CCOC)C(=O)N[C@H](C(=O)NCC(N)=O)CSCC(=O)N[C@@H](Cc2cc(F)c(F)c(F)c2)C(=O)N(C)[C@@H](Cc2ccccc2)C(=O)N1C. The molecule has 0 unspecified atom stereocenters. The molecule has 3 aliphatic heterocycles. The first-order chi connectivity index (χ1) is 63.9. The molecule has 134 heavy (non-hydrogen) atoms. The zero-order chi connectivity index (χ0) is 97.7. The van der Waals surface area contributed by atoms with Gasteiger partial charge in [-0.15, -0.1) is 11.8 Å². The molecule has 3 fully saturated rings. The number of benzene rings is 5. The van der Waals surface area contributed by atoms with Crippen molar-refractivity contribution >= 4 is 117 Å². The van der Waals surface area contributed by atoms with E-state index in [2.05, 4.69) is 52.8 Å². The van der Waals surface area contributed by atoms with E-state index in [4.69, 9.17) is 20.9 Å². The number of ether oxygens (including phenoxy) is 2. The number of halogens is 3. The fourth-order valence-electron chi connectivity index (χ4n) is 16.1. The lowest BCUT2D eigenvalue weighted by Gasteiger charge is -2.40. The minimum absolute atomic E-state index is 0.0386. The quantitative estimate of drug-likeness (QED) is 0.0330. The molecule has 5 aromatic carbocycles. The van der Waals surface area contributed by atoms with Crippen LogP contribution in [0.1, 0.15) is 100.0 Å². The largest absolute Gasteiger partial charge is 0.508 e. The number of aliphatic carboxylic acids is 1. The average Bonchev–Trinajstić information content (AvgIpc) is 1.76. The van der Waals surface area contributed by atoms with Gasteiger partial charge in [0.1, 0.15) is 84.3 Å². The van der Waals surface area contributed by atoms with Gasteiger partial charge in [0.2, 0.25) is 88.6 Å². The van der Waals surface area contributed by atoms with Crippen molar-refractivity contribution in [2.75, 3.05) is 85.8 Å². The predicted molar refractivity (Wildman–Crippen MR) is 483 cm³/mol. The number of aliphatic hydroxyl groups excluding tert-OH is 1. The Morgan fingerprint density at radius 3 is 1.76 bits per heavy atom. The van der Waals surface area contributed by atoms with Crippen LogP contribution < -0.4 is 59.3 Å². The number of hydrogen-bond acceptors (Lipinski definition) is 22. The Balaban J connectivity index is 1.14. The Bertz CT molecular complexity index is 5140. The highest BCUT2D eigenvalue weighted by Crippen LogP contribution is 2.28. The van der Waals surface area contributed by atoms with E-state index in [0.29, 0.717) is 63.5 Å². The molecule has 3 saturated heterocycles. The number of unbranched alkanes of at least 4 members (excludes halogenated alkanes) is 1. The van der Waals surface area contributed by atoms with Crippen LogP contribution in [0.15, 0.2) is 128 Å². The van der Waals surface area contributed by atoms with Crippen LogP contribution in [0.4, 0.5) is 13.2 Å². The van der Waals surface area contributed by atoms with Gasteiger partial charge >= 0.3 is 5.97 Å². The summed E-state index contributed by atoms with van der Waals surface area (Å²) in [5.41, 5.74) is 13.4. The molecule has 42 heteroatoms. The molecule has 0 bridgehead atoms. The number of aromatic amines is 1. The van der Waals surface area contributed by atoms with Crippen molar-refractivity contribution in [3.8, 4) is 5.75 Å². The molecule has 0 radical (unpaired) electrons. The number of carbonyl (C=O) groups excluding carboxylic acids is 15. The maximum absolute atomic E-state index is 15.7. The lowest BCUT2D eigenvalue weighted by molar-refractivity contribution is -0.158. The lowest BCUT2D eigenvalue weighted by atomic mass is 9.98. The van der Waals surface area contributed by atoms with Gasteiger partial charge in [-0.05, 0) is 96.3 Å². The van der Waals surface area contributed by atoms with Gasteiger partial charge < -0.3 is 114 Å². The number of thioether (sulfide) groups is 1. The fraction of sp³-hybridized carbons (Fsp3) is 0.478. The van der Waals surface area contributed by atoms with Crippen LogP contribution in [0.5, 0.6) is 5.75 Å². The van der Waals surface area contributed by atoms with E-state index in [-0.39, 0.29) is 89.0 Å². The molecule has 6 aromatic rings. The molecule has 0 spiro atoms. The first kappa shape index (κ1) is 105. The summed E-state index contributed by atoms with van der Waals surface area (Å²) in [5, 5.41) is 56.1. The zero-order valence-electron chi connectivity index (χ0n) is 75.5. The summed E-state index contributed by atoms with van der Waals surface area (Å²) in [4.78, 5) is 246. The Morgan fingerprint density at radius 2 is 1.13 bits per heavy atom. The molecule has 14 atom stereocenters. The molecule has 0 aliphatic carbocycles. The van der Waals surface area contributed by atoms with Crippen molar-refractivity contribution < 1.29 is 115 Å². The van der Waals surface area contributed by atoms with Crippen molar-refractivity contribution in [1.29, 1.82) is 0 Å². The minimum Gasteiger partial charge on any atom is -0.508 e. The number of aliphatic hydroxyl groups is 1. The summed E-state index contributed by atoms with van der Waals surface area (Å²) in [6, 6.07) is 8.22. The number of rotatable bonds is 25. The number of carboxylic acids is 1. The Morgan fingerprint density at radius 1 is 0.575 bits per heavy atom. The number of amides is 15. The Hall–Kier alpha value is -13.1. The number of carbonyl (C=O) groups is 16. The number of primary amides is 1. The number of para-hydroxylation sites is 1. The normalized spacial score (nSPS) is 24.1. The van der Waals surface area contributed by atoms with Gasteiger partial charge in [0, 0.05) is 109 Å². The molecule has 38 nitrogen and oxygen atoms in total. The molecule has 1 aromatic heterocycles. The van der Waals surface area contributed by atoms with E-state index < -0.39 is 259 Å². The van der Waals surface area contributed by atoms with Gasteiger partial charge in [0.15, 0.2) is 17.5 Å². The number of phenolic OH excluding ortho intramolecular Hbond substituents is 1. The van der Waals surface area contributed by atoms with Gasteiger partial charge in [-0.2, -0.15) is 0 Å². The number of nitrogens with one attached hydrogen (secondary N) is 10. The Kier molecular flexibility index (Phi) is 39.2. The van der Waals surface area contributed by atoms with Crippen LogP contribution in [-0.2, 0) is 118 Å². The van der Waals surface area contributed by atoms with E-state index in [1.165, 1.54) is 66.4 Å². The summed E-state index contributed by atoms with van der Waals surface area (Å²) in [7, 11) is 4.97. The number of aromatic nitrogens is 1. The van der Waals surface area contributed by atoms with Gasteiger partial charge in [0.25, 0.3) is 0 Å². The van der Waals surface area contributed by atoms with E-state index in [9.17, 15) is 53.3 Å². The molecule has 9 rings (SSSR count). The summed E-state index contributed by atoms with van der Waals surface area (Å²) >= 11 is 0.643. The van der Waals surface area contributed by atoms with Crippen molar-refractivity contribution in [3.05, 3.63) is 173 Å². The number of carboxylic acid groups (broad SMARTS) is 1. The van der Waals surface area contributed by atoms with Crippen LogP contribution >= 0.6 is 11.8 Å². The van der Waals surface area contributed by atoms with Gasteiger partial charge in [-0.25, -0.2) is 13.2 Å². The van der Waals surface area contributed by atoms with Crippen LogP contribution in [0, 0.1) is 23.4 Å². The molecule has 17 N–H and O–H groups in total. The second kappa shape index (κ2) is 50.1. The maximum atomic E-state index is 15.7. The van der Waals surface area contributed by atoms with Crippen molar-refractivity contribution in [3.63, 3.8) is 0 Å². The van der Waals surface area contributed by atoms with Crippen molar-refractivity contribution in [2.45, 2.75) is 189 Å². The van der Waals surface area contributed by atoms with Gasteiger partial charge in [0.05, 0.1) is 38.0 Å². The molecular weight excluding hydrogens is 1770 g/mol. The third-order valence-electron chi connectivity index (χ3n) is 23.5. The third-order valence-corrected chi connectivity index (χ3v) is 24.5. The van der Waals surface area contributed by atoms with Gasteiger partial charge in [-0.1, -0.05) is 125 Å². The molecule has 3 aliphatic rings. The van der Waals surface area contributed by atoms with Crippen molar-refractivity contribution in [2.24, 2.45) is 17.4 Å². The number of morpholine rings is 1. The van der Waals surface area contributed by atoms with Crippen LogP contribution in [0.3, 0.4) is 0 Å². The standard InChI is InChI=1S/C92H118F3N17O21S/c1-8-9-26-70-91(130)111-33-35-133-48-74(111)87(126)105-67(44-77(117)118)84(123)107-79(51(2)3)92(131)109(5)71(40-52-19-12-10-13-20-52)85(124)102-64(25-18-32-96)89(128)112-47-58(114)43-72(112)86(125)104-66(42-56-45-98-62-24-17-16-23-59(56)62)83(122)103-65(38-54-27-29-57(113)30-28-54)82(121)101-63(31-34-132-7)81(120)106-69(80(119)99-46-75(97)115)49-134-50-76(116)100-68(39-55-36-60(93)78(95)61(94)37-55)88(127)110(6)73(90(129)108(70)4)41-53-21-14-11-15-22-53/h10-17,19-24,27-30,36-37,45,51,58,63-74,79,98,113-114H,8-9,18,25-26,31-35,38-44,46-50,96H2,1-7H3,(H2,97,115)(H,99,119)(H,100,116)(H,101,121)(H,102,124)(H,103,122)(H,104,125)(H,105,126)(H,106,120)(H,107,123)(H,117,118)/t58-,63+,64+,65+,66+,67+,68+,69+,70+,71+,72-,73+,74-,79+/m1/s1. The number of phenols is 1. The molecule has 0 saturated carbocycles. The lowest BCUT2D eigenvalue weighted by Crippen LogP contribution is -2.64. The monoisotopic (exact) mass is 1890 g/mol. The highest BCUT2D eigenvalue weighted by atomic mass is 32.2. The average molecular weight is 1890 g/mol. The van der Waals surface area contributed by atoms with Crippen LogP contribution in [0.25, 0.3) is 10.9 Å². The number of nitrogens with two attached hydrogens (primary N) is 2. The number of H-pyrrole nitrogens is 1. The number of likely N-dealkylation sites (N-methyl/N-ethyl adjacent to an activating group) is 3. The maximum Gasteiger partial charge on any atom is 0.305 e. The van der Waals surface area contributed by atoms with Crippen LogP contribution in [0.2, 0.25) is 0 Å². The molecular formula is C92H118F3N17O21S. The predicted octanol–water partition coefficient (Wildman–Crippen LogP) is -0.203. The van der Waals surface area contributed by atoms with Crippen molar-refractivity contribution in [1.82, 2.24) is 77.3 Å². The third kappa shape index (κ3) is 29.0. The highest BCUT2D eigenvalue weighted by Gasteiger charge is 2.47. The number of nitrogens with zero attached hydrogens (tertiary/aromatic N) is 5. The van der Waals surface area contributed by atoms with Gasteiger partial charge in [-0.3, -0.25) is 76.7 Å². The number of methoxy groups -OCH3 is 1. The van der Waals surface area contributed by atoms with Crippen LogP contribution in [-0.4, -0.2) is 310 Å². The molecule has 15 amide bonds.